The molecule has 3 atom stereocenters. The molecule has 2 aromatic rings. The number of hydrogen-bond acceptors (Lipinski definition) is 4. The van der Waals surface area contributed by atoms with E-state index in [2.05, 4.69) is 5.32 Å². The summed E-state index contributed by atoms with van der Waals surface area (Å²) in [5.41, 5.74) is 2.66. The van der Waals surface area contributed by atoms with Crippen LogP contribution in [0.3, 0.4) is 0 Å². The van der Waals surface area contributed by atoms with Crippen molar-refractivity contribution in [3.8, 4) is 0 Å². The zero-order valence-electron chi connectivity index (χ0n) is 14.6. The molecule has 5 nitrogen and oxygen atoms in total. The molecule has 1 heterocycles. The quantitative estimate of drug-likeness (QED) is 0.725. The van der Waals surface area contributed by atoms with Crippen molar-refractivity contribution in [2.45, 2.75) is 31.5 Å². The lowest BCUT2D eigenvalue weighted by Gasteiger charge is -2.21. The van der Waals surface area contributed by atoms with Crippen LogP contribution in [0.1, 0.15) is 24.0 Å². The number of β-amino-alcohol motifs (C(OH)–C–C–N with tert-alkyl or cyclic N) is 1. The third-order valence-corrected chi connectivity index (χ3v) is 5.19. The number of carbonyl (C=O) groups is 1. The Labute approximate surface area is 158 Å². The minimum absolute atomic E-state index is 0.0520. The van der Waals surface area contributed by atoms with Gasteiger partial charge in [0, 0.05) is 19.6 Å². The lowest BCUT2D eigenvalue weighted by atomic mass is 10.0. The van der Waals surface area contributed by atoms with Crippen LogP contribution < -0.4 is 10.2 Å². The van der Waals surface area contributed by atoms with Crippen molar-refractivity contribution in [1.82, 2.24) is 5.32 Å². The SMILES string of the molecule is CC(C(=O)O)c1ccc(N2CC(O)C(NCc3ccccc3)C2)c(Cl)c1. The smallest absolute Gasteiger partial charge is 0.310 e. The van der Waals surface area contributed by atoms with E-state index >= 15 is 0 Å². The molecule has 2 aromatic carbocycles. The molecule has 1 saturated heterocycles. The standard InChI is InChI=1S/C20H23ClN2O3/c1-13(20(25)26)15-7-8-18(16(21)9-15)23-11-17(19(24)12-23)22-10-14-5-3-2-4-6-14/h2-9,13,17,19,22,24H,10-12H2,1H3,(H,25,26). The predicted octanol–water partition coefficient (Wildman–Crippen LogP) is 2.87. The number of rotatable bonds is 6. The largest absolute Gasteiger partial charge is 0.481 e. The molecular formula is C20H23ClN2O3. The second kappa shape index (κ2) is 8.08. The van der Waals surface area contributed by atoms with Crippen molar-refractivity contribution in [2.75, 3.05) is 18.0 Å². The number of anilines is 1. The van der Waals surface area contributed by atoms with Crippen LogP contribution in [0.4, 0.5) is 5.69 Å². The number of carboxylic acid groups (broad SMARTS) is 1. The molecule has 26 heavy (non-hydrogen) atoms. The molecule has 1 aliphatic rings. The average molecular weight is 375 g/mol. The minimum atomic E-state index is -0.879. The third kappa shape index (κ3) is 4.18. The molecule has 0 radical (unpaired) electrons. The Bertz CT molecular complexity index is 769. The maximum Gasteiger partial charge on any atom is 0.310 e. The highest BCUT2D eigenvalue weighted by Gasteiger charge is 2.32. The summed E-state index contributed by atoms with van der Waals surface area (Å²) in [6, 6.07) is 15.3. The summed E-state index contributed by atoms with van der Waals surface area (Å²) in [6.07, 6.45) is -0.493. The van der Waals surface area contributed by atoms with Crippen LogP contribution in [-0.2, 0) is 11.3 Å². The third-order valence-electron chi connectivity index (χ3n) is 4.88. The number of nitrogens with one attached hydrogen (secondary N) is 1. The average Bonchev–Trinajstić information content (AvgIpc) is 3.00. The molecule has 0 saturated carbocycles. The molecule has 3 unspecified atom stereocenters. The summed E-state index contributed by atoms with van der Waals surface area (Å²) >= 11 is 6.39. The lowest BCUT2D eigenvalue weighted by Crippen LogP contribution is -2.38. The summed E-state index contributed by atoms with van der Waals surface area (Å²) < 4.78 is 0. The van der Waals surface area contributed by atoms with Gasteiger partial charge in [0.2, 0.25) is 0 Å². The number of aliphatic hydroxyl groups excluding tert-OH is 1. The fraction of sp³-hybridized carbons (Fsp3) is 0.350. The maximum absolute atomic E-state index is 11.1. The van der Waals surface area contributed by atoms with Crippen LogP contribution in [0.5, 0.6) is 0 Å². The number of halogens is 1. The summed E-state index contributed by atoms with van der Waals surface area (Å²) in [5, 5.41) is 23.4. The second-order valence-electron chi connectivity index (χ2n) is 6.72. The Morgan fingerprint density at radius 2 is 2.00 bits per heavy atom. The van der Waals surface area contributed by atoms with Gasteiger partial charge in [-0.05, 0) is 30.2 Å². The van der Waals surface area contributed by atoms with Crippen LogP contribution >= 0.6 is 11.6 Å². The van der Waals surface area contributed by atoms with Gasteiger partial charge in [0.05, 0.1) is 28.8 Å². The Hall–Kier alpha value is -2.08. The summed E-state index contributed by atoms with van der Waals surface area (Å²) in [7, 11) is 0. The zero-order chi connectivity index (χ0) is 18.7. The van der Waals surface area contributed by atoms with Crippen LogP contribution in [0.2, 0.25) is 5.02 Å². The van der Waals surface area contributed by atoms with Crippen molar-refractivity contribution < 1.29 is 15.0 Å². The number of benzene rings is 2. The highest BCUT2D eigenvalue weighted by Crippen LogP contribution is 2.32. The Morgan fingerprint density at radius 1 is 1.27 bits per heavy atom. The number of aliphatic carboxylic acids is 1. The molecule has 6 heteroatoms. The topological polar surface area (TPSA) is 72.8 Å². The van der Waals surface area contributed by atoms with Gasteiger partial charge < -0.3 is 20.4 Å². The van der Waals surface area contributed by atoms with Gasteiger partial charge in [0.1, 0.15) is 0 Å². The first-order chi connectivity index (χ1) is 12.5. The molecule has 3 N–H and O–H groups in total. The molecule has 138 valence electrons. The van der Waals surface area contributed by atoms with Crippen molar-refractivity contribution in [1.29, 1.82) is 0 Å². The molecule has 0 spiro atoms. The summed E-state index contributed by atoms with van der Waals surface area (Å²) in [6.45, 7) is 3.46. The molecule has 1 fully saturated rings. The van der Waals surface area contributed by atoms with Gasteiger partial charge in [0.25, 0.3) is 0 Å². The molecule has 3 rings (SSSR count). The van der Waals surface area contributed by atoms with Crippen molar-refractivity contribution in [2.24, 2.45) is 0 Å². The fourth-order valence-electron chi connectivity index (χ4n) is 3.22. The minimum Gasteiger partial charge on any atom is -0.481 e. The van der Waals surface area contributed by atoms with Crippen LogP contribution in [0, 0.1) is 0 Å². The second-order valence-corrected chi connectivity index (χ2v) is 7.12. The molecule has 1 aliphatic heterocycles. The van der Waals surface area contributed by atoms with Gasteiger partial charge >= 0.3 is 5.97 Å². The maximum atomic E-state index is 11.1. The molecule has 0 bridgehead atoms. The summed E-state index contributed by atoms with van der Waals surface area (Å²) in [5.74, 6) is -1.48. The molecule has 0 aromatic heterocycles. The zero-order valence-corrected chi connectivity index (χ0v) is 15.4. The van der Waals surface area contributed by atoms with E-state index in [1.54, 1.807) is 19.1 Å². The van der Waals surface area contributed by atoms with Crippen molar-refractivity contribution in [3.63, 3.8) is 0 Å². The normalized spacial score (nSPS) is 21.0. The molecular weight excluding hydrogens is 352 g/mol. The van der Waals surface area contributed by atoms with E-state index in [1.807, 2.05) is 41.3 Å². The first kappa shape index (κ1) is 18.7. The van der Waals surface area contributed by atoms with Crippen LogP contribution in [0.25, 0.3) is 0 Å². The first-order valence-corrected chi connectivity index (χ1v) is 9.06. The Balaban J connectivity index is 1.66. The predicted molar refractivity (Wildman–Crippen MR) is 103 cm³/mol. The van der Waals surface area contributed by atoms with Gasteiger partial charge in [-0.3, -0.25) is 4.79 Å². The van der Waals surface area contributed by atoms with Gasteiger partial charge in [-0.15, -0.1) is 0 Å². The summed E-state index contributed by atoms with van der Waals surface area (Å²) in [4.78, 5) is 13.2. The van der Waals surface area contributed by atoms with Gasteiger partial charge in [-0.25, -0.2) is 0 Å². The van der Waals surface area contributed by atoms with E-state index in [1.165, 1.54) is 5.56 Å². The number of hydrogen-bond donors (Lipinski definition) is 3. The van der Waals surface area contributed by atoms with E-state index < -0.39 is 18.0 Å². The van der Waals surface area contributed by atoms with Gasteiger partial charge in [-0.1, -0.05) is 48.0 Å². The van der Waals surface area contributed by atoms with E-state index in [0.29, 0.717) is 30.2 Å². The Kier molecular flexibility index (Phi) is 5.81. The first-order valence-electron chi connectivity index (χ1n) is 8.68. The van der Waals surface area contributed by atoms with E-state index in [9.17, 15) is 9.90 Å². The van der Waals surface area contributed by atoms with Crippen LogP contribution in [0.15, 0.2) is 48.5 Å². The van der Waals surface area contributed by atoms with Gasteiger partial charge in [-0.2, -0.15) is 0 Å². The number of carboxylic acids is 1. The van der Waals surface area contributed by atoms with E-state index in [-0.39, 0.29) is 6.04 Å². The molecule has 0 amide bonds. The van der Waals surface area contributed by atoms with Crippen molar-refractivity contribution >= 4 is 23.3 Å². The number of aliphatic hydroxyl groups is 1. The number of nitrogens with zero attached hydrogens (tertiary/aromatic N) is 1. The highest BCUT2D eigenvalue weighted by atomic mass is 35.5. The highest BCUT2D eigenvalue weighted by molar-refractivity contribution is 6.33. The fourth-order valence-corrected chi connectivity index (χ4v) is 3.53. The Morgan fingerprint density at radius 3 is 2.65 bits per heavy atom. The van der Waals surface area contributed by atoms with Gasteiger partial charge in [0.15, 0.2) is 0 Å². The lowest BCUT2D eigenvalue weighted by molar-refractivity contribution is -0.138. The monoisotopic (exact) mass is 374 g/mol. The molecule has 0 aliphatic carbocycles. The van der Waals surface area contributed by atoms with Crippen LogP contribution in [-0.4, -0.2) is 41.4 Å². The van der Waals surface area contributed by atoms with E-state index in [0.717, 1.165) is 5.69 Å². The van der Waals surface area contributed by atoms with E-state index in [4.69, 9.17) is 16.7 Å². The van der Waals surface area contributed by atoms with Crippen molar-refractivity contribution in [3.05, 3.63) is 64.7 Å².